The number of β-amino-alcohol motifs (C(OH)–C–C–N with tert-alkyl or cyclic N) is 1. The summed E-state index contributed by atoms with van der Waals surface area (Å²) in [7, 11) is 3.38. The molecule has 7 heteroatoms. The van der Waals surface area contributed by atoms with E-state index in [1.165, 1.54) is 26.8 Å². The fourth-order valence-corrected chi connectivity index (χ4v) is 5.86. The van der Waals surface area contributed by atoms with E-state index in [1.54, 1.807) is 14.2 Å². The predicted molar refractivity (Wildman–Crippen MR) is 143 cm³/mol. The lowest BCUT2D eigenvalue weighted by molar-refractivity contribution is -0.913. The number of ether oxygens (including phenoxy) is 2. The molecule has 1 saturated heterocycles. The maximum absolute atomic E-state index is 10.2. The number of halogens is 1. The molecule has 0 radical (unpaired) electrons. The molecule has 0 bridgehead atoms. The van der Waals surface area contributed by atoms with Crippen LogP contribution in [0.5, 0.6) is 11.5 Å². The summed E-state index contributed by atoms with van der Waals surface area (Å²) in [6, 6.07) is 25.5. The van der Waals surface area contributed by atoms with Crippen LogP contribution in [0, 0.1) is 0 Å². The highest BCUT2D eigenvalue weighted by Crippen LogP contribution is 2.38. The second kappa shape index (κ2) is 12.1. The number of piperazine rings is 1. The third-order valence-corrected chi connectivity index (χ3v) is 7.55. The van der Waals surface area contributed by atoms with Gasteiger partial charge < -0.3 is 37.0 Å². The molecule has 37 heavy (non-hydrogen) atoms. The molecule has 1 aliphatic heterocycles. The van der Waals surface area contributed by atoms with Crippen molar-refractivity contribution in [2.75, 3.05) is 53.6 Å². The van der Waals surface area contributed by atoms with Crippen molar-refractivity contribution in [2.24, 2.45) is 0 Å². The Kier molecular flexibility index (Phi) is 8.90. The lowest BCUT2D eigenvalue weighted by Gasteiger charge is -2.45. The molecule has 0 spiro atoms. The Morgan fingerprint density at radius 3 is 1.70 bits per heavy atom. The van der Waals surface area contributed by atoms with Crippen LogP contribution in [-0.4, -0.2) is 68.7 Å². The molecule has 1 heterocycles. The van der Waals surface area contributed by atoms with Crippen molar-refractivity contribution in [1.82, 2.24) is 4.90 Å². The van der Waals surface area contributed by atoms with Gasteiger partial charge in [-0.15, -0.1) is 0 Å². The average Bonchev–Trinajstić information content (AvgIpc) is 2.92. The summed E-state index contributed by atoms with van der Waals surface area (Å²) in [6.07, 6.45) is 0. The summed E-state index contributed by atoms with van der Waals surface area (Å²) >= 11 is 0. The normalized spacial score (nSPS) is 20.1. The van der Waals surface area contributed by atoms with Crippen LogP contribution in [0.4, 0.5) is 0 Å². The highest BCUT2D eigenvalue weighted by Gasteiger charge is 2.39. The van der Waals surface area contributed by atoms with Gasteiger partial charge in [0.25, 0.3) is 0 Å². The van der Waals surface area contributed by atoms with Gasteiger partial charge in [-0.3, -0.25) is 4.90 Å². The van der Waals surface area contributed by atoms with Gasteiger partial charge in [-0.2, -0.15) is 0 Å². The van der Waals surface area contributed by atoms with Gasteiger partial charge in [0.05, 0.1) is 52.6 Å². The lowest BCUT2D eigenvalue weighted by Crippen LogP contribution is -3.15. The molecule has 4 aromatic rings. The van der Waals surface area contributed by atoms with E-state index in [1.807, 2.05) is 12.1 Å². The largest absolute Gasteiger partial charge is 1.00 e. The summed E-state index contributed by atoms with van der Waals surface area (Å²) in [5.74, 6) is 1.68. The van der Waals surface area contributed by atoms with Crippen molar-refractivity contribution in [3.63, 3.8) is 0 Å². The monoisotopic (exact) mass is 522 g/mol. The van der Waals surface area contributed by atoms with Crippen molar-refractivity contribution < 1.29 is 37.0 Å². The van der Waals surface area contributed by atoms with E-state index >= 15 is 0 Å². The van der Waals surface area contributed by atoms with Gasteiger partial charge in [-0.05, 0) is 56.9 Å². The highest BCUT2D eigenvalue weighted by molar-refractivity contribution is 5.88. The van der Waals surface area contributed by atoms with E-state index in [4.69, 9.17) is 9.47 Å². The molecule has 5 rings (SSSR count). The van der Waals surface area contributed by atoms with Crippen LogP contribution in [0.25, 0.3) is 21.5 Å². The smallest absolute Gasteiger partial charge is 0.119 e. The predicted octanol–water partition coefficient (Wildman–Crippen LogP) is -0.0183. The molecule has 0 amide bonds. The minimum absolute atomic E-state index is 0. The highest BCUT2D eigenvalue weighted by atomic mass is 35.5. The second-order valence-corrected chi connectivity index (χ2v) is 9.49. The topological polar surface area (TPSA) is 66.6 Å². The van der Waals surface area contributed by atoms with E-state index in [9.17, 15) is 10.2 Å². The van der Waals surface area contributed by atoms with Gasteiger partial charge in [-0.1, -0.05) is 48.5 Å². The van der Waals surface area contributed by atoms with Gasteiger partial charge in [0.15, 0.2) is 0 Å². The number of aliphatic hydroxyl groups is 2. The number of methoxy groups -OCH3 is 2. The molecular formula is C30H35ClN2O4. The van der Waals surface area contributed by atoms with Crippen LogP contribution in [0.15, 0.2) is 72.8 Å². The number of hydrogen-bond donors (Lipinski definition) is 3. The fraction of sp³-hybridized carbons (Fsp3) is 0.333. The number of quaternary nitrogens is 1. The standard InChI is InChI=1S/C30H34N2O4.ClH/c1-35-23-9-11-25-21(17-23)5-3-7-27(25)29-19-31(13-15-33)20-30(32(29)14-16-34)28-8-4-6-22-18-24(36-2)10-12-26(22)28;/h3-12,17-18,29-30,33-34H,13-16,19-20H2,1-2H3;1H/t29-,30-;/m0./s1. The van der Waals surface area contributed by atoms with E-state index in [2.05, 4.69) is 65.6 Å². The summed E-state index contributed by atoms with van der Waals surface area (Å²) in [4.78, 5) is 3.82. The Labute approximate surface area is 224 Å². The zero-order valence-corrected chi connectivity index (χ0v) is 22.1. The van der Waals surface area contributed by atoms with E-state index < -0.39 is 0 Å². The minimum Gasteiger partial charge on any atom is -1.00 e. The maximum atomic E-state index is 10.2. The van der Waals surface area contributed by atoms with Gasteiger partial charge in [-0.25, -0.2) is 0 Å². The van der Waals surface area contributed by atoms with Crippen molar-refractivity contribution >= 4 is 21.5 Å². The van der Waals surface area contributed by atoms with Gasteiger partial charge in [0.2, 0.25) is 0 Å². The SMILES string of the molecule is COc1ccc2c([C@@H]3C[NH+](CCO)C[C@@H](c4cccc5cc(OC)ccc45)N3CCO)cccc2c1.[Cl-]. The van der Waals surface area contributed by atoms with Crippen molar-refractivity contribution in [3.8, 4) is 11.5 Å². The number of hydrogen-bond acceptors (Lipinski definition) is 5. The van der Waals surface area contributed by atoms with Gasteiger partial charge >= 0.3 is 0 Å². The molecule has 1 fully saturated rings. The van der Waals surface area contributed by atoms with E-state index in [0.717, 1.165) is 35.4 Å². The zero-order chi connectivity index (χ0) is 25.1. The Bertz CT molecular complexity index is 1250. The molecular weight excluding hydrogens is 488 g/mol. The molecule has 1 aliphatic rings. The average molecular weight is 523 g/mol. The number of benzene rings is 4. The van der Waals surface area contributed by atoms with Crippen LogP contribution in [0.3, 0.4) is 0 Å². The first kappa shape index (κ1) is 27.2. The lowest BCUT2D eigenvalue weighted by atomic mass is 9.89. The Hall–Kier alpha value is -2.87. The molecule has 3 N–H and O–H groups in total. The van der Waals surface area contributed by atoms with Crippen LogP contribution >= 0.6 is 0 Å². The second-order valence-electron chi connectivity index (χ2n) is 9.49. The van der Waals surface area contributed by atoms with E-state index in [0.29, 0.717) is 13.1 Å². The number of nitrogens with zero attached hydrogens (tertiary/aromatic N) is 1. The van der Waals surface area contributed by atoms with Crippen LogP contribution in [-0.2, 0) is 0 Å². The summed E-state index contributed by atoms with van der Waals surface area (Å²) < 4.78 is 10.9. The van der Waals surface area contributed by atoms with Crippen LogP contribution < -0.4 is 26.8 Å². The first-order valence-electron chi connectivity index (χ1n) is 12.6. The Balaban J connectivity index is 0.00000320. The van der Waals surface area contributed by atoms with Gasteiger partial charge in [0.1, 0.15) is 18.0 Å². The molecule has 6 nitrogen and oxygen atoms in total. The van der Waals surface area contributed by atoms with Gasteiger partial charge in [0, 0.05) is 6.54 Å². The third kappa shape index (κ3) is 5.40. The number of nitrogens with one attached hydrogen (secondary N) is 1. The van der Waals surface area contributed by atoms with Crippen LogP contribution in [0.1, 0.15) is 23.2 Å². The summed E-state index contributed by atoms with van der Waals surface area (Å²) in [5.41, 5.74) is 2.48. The number of fused-ring (bicyclic) bond motifs is 2. The minimum atomic E-state index is 0. The van der Waals surface area contributed by atoms with Crippen molar-refractivity contribution in [2.45, 2.75) is 12.1 Å². The first-order chi connectivity index (χ1) is 17.7. The first-order valence-corrected chi connectivity index (χ1v) is 12.6. The number of rotatable bonds is 8. The molecule has 196 valence electrons. The Morgan fingerprint density at radius 1 is 0.757 bits per heavy atom. The maximum Gasteiger partial charge on any atom is 0.119 e. The Morgan fingerprint density at radius 2 is 1.27 bits per heavy atom. The van der Waals surface area contributed by atoms with Crippen molar-refractivity contribution in [1.29, 1.82) is 0 Å². The molecule has 4 aromatic carbocycles. The molecule has 0 saturated carbocycles. The number of aliphatic hydroxyl groups excluding tert-OH is 2. The fourth-order valence-electron chi connectivity index (χ4n) is 5.86. The zero-order valence-electron chi connectivity index (χ0n) is 21.4. The molecule has 0 aliphatic carbocycles. The molecule has 2 atom stereocenters. The van der Waals surface area contributed by atoms with Crippen molar-refractivity contribution in [3.05, 3.63) is 83.9 Å². The quantitative estimate of drug-likeness (QED) is 0.304. The third-order valence-electron chi connectivity index (χ3n) is 7.55. The molecule has 0 aromatic heterocycles. The van der Waals surface area contributed by atoms with Crippen LogP contribution in [0.2, 0.25) is 0 Å². The summed E-state index contributed by atoms with van der Waals surface area (Å²) in [6.45, 7) is 3.22. The summed E-state index contributed by atoms with van der Waals surface area (Å²) in [5, 5.41) is 24.7. The van der Waals surface area contributed by atoms with E-state index in [-0.39, 0.29) is 37.7 Å². The molecule has 0 unspecified atom stereocenters.